The quantitative estimate of drug-likeness (QED) is 0.825. The van der Waals surface area contributed by atoms with E-state index in [1.807, 2.05) is 31.2 Å². The van der Waals surface area contributed by atoms with Gasteiger partial charge in [-0.3, -0.25) is 9.69 Å². The summed E-state index contributed by atoms with van der Waals surface area (Å²) in [4.78, 5) is 14.6. The van der Waals surface area contributed by atoms with Crippen LogP contribution < -0.4 is 5.32 Å². The first-order valence-electron chi connectivity index (χ1n) is 8.86. The molecule has 0 fully saturated rings. The van der Waals surface area contributed by atoms with Crippen molar-refractivity contribution in [3.8, 4) is 0 Å². The Bertz CT molecular complexity index is 678. The molecule has 2 aromatic carbocycles. The first kappa shape index (κ1) is 16.7. The van der Waals surface area contributed by atoms with E-state index in [1.165, 1.54) is 16.7 Å². The normalized spacial score (nSPS) is 14.2. The van der Waals surface area contributed by atoms with Gasteiger partial charge in [0.2, 0.25) is 0 Å². The van der Waals surface area contributed by atoms with Gasteiger partial charge in [0.25, 0.3) is 5.91 Å². The van der Waals surface area contributed by atoms with E-state index in [9.17, 15) is 4.79 Å². The lowest BCUT2D eigenvalue weighted by Crippen LogP contribution is -2.32. The van der Waals surface area contributed by atoms with Gasteiger partial charge in [-0.05, 0) is 56.0 Å². The van der Waals surface area contributed by atoms with Crippen LogP contribution in [0.3, 0.4) is 0 Å². The van der Waals surface area contributed by atoms with Gasteiger partial charge in [0.05, 0.1) is 0 Å². The first-order chi connectivity index (χ1) is 11.7. The van der Waals surface area contributed by atoms with Crippen LogP contribution in [-0.4, -0.2) is 30.4 Å². The molecule has 0 saturated heterocycles. The van der Waals surface area contributed by atoms with E-state index in [0.717, 1.165) is 51.0 Å². The van der Waals surface area contributed by atoms with Crippen molar-refractivity contribution in [1.29, 1.82) is 0 Å². The number of nitrogens with one attached hydrogen (secondary N) is 1. The molecule has 0 aliphatic carbocycles. The molecular weight excluding hydrogens is 296 g/mol. The molecular formula is C21H26N2O. The van der Waals surface area contributed by atoms with E-state index < -0.39 is 0 Å². The van der Waals surface area contributed by atoms with Crippen molar-refractivity contribution in [3.63, 3.8) is 0 Å². The van der Waals surface area contributed by atoms with Crippen molar-refractivity contribution < 1.29 is 4.79 Å². The number of amides is 1. The van der Waals surface area contributed by atoms with E-state index in [-0.39, 0.29) is 5.91 Å². The second-order valence-corrected chi connectivity index (χ2v) is 6.62. The molecule has 126 valence electrons. The average Bonchev–Trinajstić information content (AvgIpc) is 2.61. The highest BCUT2D eigenvalue weighted by Gasteiger charge is 2.14. The zero-order chi connectivity index (χ0) is 16.8. The molecule has 0 unspecified atom stereocenters. The van der Waals surface area contributed by atoms with Gasteiger partial charge >= 0.3 is 0 Å². The standard InChI is InChI=1S/C21H26N2O/c1-17-8-10-19(11-9-17)21(24)22-13-4-5-14-23-15-12-18-6-2-3-7-20(18)16-23/h2-3,6-11H,4-5,12-16H2,1H3,(H,22,24). The minimum absolute atomic E-state index is 0.0295. The van der Waals surface area contributed by atoms with Crippen molar-refractivity contribution in [2.75, 3.05) is 19.6 Å². The summed E-state index contributed by atoms with van der Waals surface area (Å²) >= 11 is 0. The number of carbonyl (C=O) groups excluding carboxylic acids is 1. The van der Waals surface area contributed by atoms with Crippen LogP contribution in [0.1, 0.15) is 39.9 Å². The number of rotatable bonds is 6. The lowest BCUT2D eigenvalue weighted by molar-refractivity contribution is 0.0952. The molecule has 3 heteroatoms. The third-order valence-corrected chi connectivity index (χ3v) is 4.71. The maximum atomic E-state index is 12.0. The molecule has 1 amide bonds. The van der Waals surface area contributed by atoms with Gasteiger partial charge in [-0.2, -0.15) is 0 Å². The summed E-state index contributed by atoms with van der Waals surface area (Å²) in [5.74, 6) is 0.0295. The molecule has 0 aromatic heterocycles. The van der Waals surface area contributed by atoms with Crippen molar-refractivity contribution in [2.24, 2.45) is 0 Å². The number of aryl methyl sites for hydroxylation is 1. The number of hydrogen-bond acceptors (Lipinski definition) is 2. The SMILES string of the molecule is Cc1ccc(C(=O)NCCCCN2CCc3ccccc3C2)cc1. The first-order valence-corrected chi connectivity index (χ1v) is 8.86. The van der Waals surface area contributed by atoms with Crippen molar-refractivity contribution in [1.82, 2.24) is 10.2 Å². The fourth-order valence-corrected chi connectivity index (χ4v) is 3.21. The fraction of sp³-hybridized carbons (Fsp3) is 0.381. The van der Waals surface area contributed by atoms with Crippen LogP contribution in [0.5, 0.6) is 0 Å². The summed E-state index contributed by atoms with van der Waals surface area (Å²) < 4.78 is 0. The summed E-state index contributed by atoms with van der Waals surface area (Å²) in [5.41, 5.74) is 4.89. The van der Waals surface area contributed by atoms with Gasteiger partial charge in [0, 0.05) is 25.2 Å². The van der Waals surface area contributed by atoms with Crippen LogP contribution in [-0.2, 0) is 13.0 Å². The van der Waals surface area contributed by atoms with Gasteiger partial charge in [-0.15, -0.1) is 0 Å². The summed E-state index contributed by atoms with van der Waals surface area (Å²) in [6.07, 6.45) is 3.30. The molecule has 1 N–H and O–H groups in total. The minimum atomic E-state index is 0.0295. The highest BCUT2D eigenvalue weighted by Crippen LogP contribution is 2.18. The average molecular weight is 322 g/mol. The van der Waals surface area contributed by atoms with E-state index in [2.05, 4.69) is 34.5 Å². The molecule has 24 heavy (non-hydrogen) atoms. The number of fused-ring (bicyclic) bond motifs is 1. The number of nitrogens with zero attached hydrogens (tertiary/aromatic N) is 1. The molecule has 0 radical (unpaired) electrons. The van der Waals surface area contributed by atoms with Crippen LogP contribution in [0.15, 0.2) is 48.5 Å². The monoisotopic (exact) mass is 322 g/mol. The maximum absolute atomic E-state index is 12.0. The number of unbranched alkanes of at least 4 members (excludes halogenated alkanes) is 1. The van der Waals surface area contributed by atoms with Crippen LogP contribution >= 0.6 is 0 Å². The number of hydrogen-bond donors (Lipinski definition) is 1. The molecule has 1 aliphatic heterocycles. The van der Waals surface area contributed by atoms with Gasteiger partial charge in [-0.25, -0.2) is 0 Å². The second-order valence-electron chi connectivity index (χ2n) is 6.62. The molecule has 0 saturated carbocycles. The van der Waals surface area contributed by atoms with Crippen LogP contribution in [0, 0.1) is 6.92 Å². The highest BCUT2D eigenvalue weighted by atomic mass is 16.1. The Morgan fingerprint density at radius 2 is 1.79 bits per heavy atom. The third kappa shape index (κ3) is 4.45. The van der Waals surface area contributed by atoms with Crippen LogP contribution in [0.25, 0.3) is 0 Å². The molecule has 0 spiro atoms. The Hall–Kier alpha value is -2.13. The van der Waals surface area contributed by atoms with Crippen LogP contribution in [0.2, 0.25) is 0 Å². The summed E-state index contributed by atoms with van der Waals surface area (Å²) in [6.45, 7) is 6.09. The van der Waals surface area contributed by atoms with Gasteiger partial charge in [0.15, 0.2) is 0 Å². The Morgan fingerprint density at radius 1 is 1.04 bits per heavy atom. The Kier molecular flexibility index (Phi) is 5.65. The lowest BCUT2D eigenvalue weighted by Gasteiger charge is -2.28. The van der Waals surface area contributed by atoms with E-state index in [0.29, 0.717) is 0 Å². The van der Waals surface area contributed by atoms with Gasteiger partial charge < -0.3 is 5.32 Å². The number of benzene rings is 2. The van der Waals surface area contributed by atoms with E-state index in [4.69, 9.17) is 0 Å². The molecule has 0 bridgehead atoms. The Balaban J connectivity index is 1.34. The van der Waals surface area contributed by atoms with Gasteiger partial charge in [0.1, 0.15) is 0 Å². The smallest absolute Gasteiger partial charge is 0.251 e. The van der Waals surface area contributed by atoms with E-state index in [1.54, 1.807) is 0 Å². The van der Waals surface area contributed by atoms with E-state index >= 15 is 0 Å². The molecule has 2 aromatic rings. The predicted octanol–water partition coefficient (Wildman–Crippen LogP) is 3.56. The molecule has 1 heterocycles. The third-order valence-electron chi connectivity index (χ3n) is 4.71. The summed E-state index contributed by atoms with van der Waals surface area (Å²) in [6, 6.07) is 16.5. The maximum Gasteiger partial charge on any atom is 0.251 e. The van der Waals surface area contributed by atoms with Crippen LogP contribution in [0.4, 0.5) is 0 Å². The molecule has 0 atom stereocenters. The lowest BCUT2D eigenvalue weighted by atomic mass is 10.00. The fourth-order valence-electron chi connectivity index (χ4n) is 3.21. The van der Waals surface area contributed by atoms with Crippen molar-refractivity contribution in [3.05, 3.63) is 70.8 Å². The number of carbonyl (C=O) groups is 1. The zero-order valence-electron chi connectivity index (χ0n) is 14.4. The molecule has 3 nitrogen and oxygen atoms in total. The molecule has 1 aliphatic rings. The minimum Gasteiger partial charge on any atom is -0.352 e. The Morgan fingerprint density at radius 3 is 2.58 bits per heavy atom. The Labute approximate surface area is 144 Å². The summed E-state index contributed by atoms with van der Waals surface area (Å²) in [7, 11) is 0. The van der Waals surface area contributed by atoms with Crippen molar-refractivity contribution in [2.45, 2.75) is 32.7 Å². The predicted molar refractivity (Wildman–Crippen MR) is 98.2 cm³/mol. The summed E-state index contributed by atoms with van der Waals surface area (Å²) in [5, 5.41) is 3.01. The second kappa shape index (κ2) is 8.11. The van der Waals surface area contributed by atoms with Crippen molar-refractivity contribution >= 4 is 5.91 Å². The topological polar surface area (TPSA) is 32.3 Å². The highest BCUT2D eigenvalue weighted by molar-refractivity contribution is 5.94. The van der Waals surface area contributed by atoms with Gasteiger partial charge in [-0.1, -0.05) is 42.0 Å². The molecule has 3 rings (SSSR count). The zero-order valence-corrected chi connectivity index (χ0v) is 14.4. The largest absolute Gasteiger partial charge is 0.352 e.